The summed E-state index contributed by atoms with van der Waals surface area (Å²) in [4.78, 5) is 17.3. The molecule has 4 rings (SSSR count). The van der Waals surface area contributed by atoms with Crippen molar-refractivity contribution in [2.45, 2.75) is 44.7 Å². The lowest BCUT2D eigenvalue weighted by molar-refractivity contribution is -0.144. The third-order valence-electron chi connectivity index (χ3n) is 6.48. The highest BCUT2D eigenvalue weighted by Crippen LogP contribution is 2.43. The van der Waals surface area contributed by atoms with Crippen molar-refractivity contribution in [3.8, 4) is 11.1 Å². The van der Waals surface area contributed by atoms with Crippen LogP contribution in [0, 0.1) is 6.92 Å². The maximum atomic E-state index is 13.0. The van der Waals surface area contributed by atoms with Crippen molar-refractivity contribution in [1.29, 1.82) is 0 Å². The molecule has 0 spiro atoms. The van der Waals surface area contributed by atoms with E-state index in [1.165, 1.54) is 22.8 Å². The fourth-order valence-corrected chi connectivity index (χ4v) is 4.77. The minimum atomic E-state index is -4.43. The zero-order chi connectivity index (χ0) is 24.7. The molecule has 0 saturated heterocycles. The Hall–Kier alpha value is -3.68. The van der Waals surface area contributed by atoms with Crippen molar-refractivity contribution in [3.63, 3.8) is 0 Å². The number of aryl methyl sites for hydroxylation is 1. The fourth-order valence-electron chi connectivity index (χ4n) is 4.77. The maximum absolute atomic E-state index is 13.0. The van der Waals surface area contributed by atoms with E-state index in [1.54, 1.807) is 20.0 Å². The van der Waals surface area contributed by atoms with Crippen LogP contribution in [0.15, 0.2) is 67.0 Å². The van der Waals surface area contributed by atoms with E-state index in [9.17, 15) is 23.1 Å². The molecule has 0 bridgehead atoms. The van der Waals surface area contributed by atoms with E-state index in [0.717, 1.165) is 17.7 Å². The van der Waals surface area contributed by atoms with Crippen LogP contribution in [-0.2, 0) is 16.4 Å². The third-order valence-corrected chi connectivity index (χ3v) is 6.48. The molecule has 176 valence electrons. The molecular weight excluding hydrogens is 443 g/mol. The Morgan fingerprint density at radius 3 is 2.26 bits per heavy atom. The molecular formula is C26H24F3N3O2. The van der Waals surface area contributed by atoms with Gasteiger partial charge in [0.25, 0.3) is 0 Å². The molecule has 2 aromatic heterocycles. The summed E-state index contributed by atoms with van der Waals surface area (Å²) in [5.74, 6) is -1.35. The first kappa shape index (κ1) is 23.5. The lowest BCUT2D eigenvalue weighted by Gasteiger charge is -2.35. The number of carboxylic acid groups (broad SMARTS) is 1. The highest BCUT2D eigenvalue weighted by Gasteiger charge is 2.46. The lowest BCUT2D eigenvalue weighted by atomic mass is 9.69. The van der Waals surface area contributed by atoms with Gasteiger partial charge in [-0.25, -0.2) is 9.50 Å². The van der Waals surface area contributed by atoms with E-state index in [0.29, 0.717) is 34.5 Å². The van der Waals surface area contributed by atoms with Crippen LogP contribution in [0.4, 0.5) is 13.2 Å². The van der Waals surface area contributed by atoms with Crippen molar-refractivity contribution in [2.75, 3.05) is 0 Å². The Balaban J connectivity index is 1.91. The van der Waals surface area contributed by atoms with Gasteiger partial charge in [0.05, 0.1) is 17.5 Å². The Morgan fingerprint density at radius 1 is 1.06 bits per heavy atom. The Kier molecular flexibility index (Phi) is 5.93. The third kappa shape index (κ3) is 3.83. The fraction of sp³-hybridized carbons (Fsp3) is 0.269. The van der Waals surface area contributed by atoms with Crippen molar-refractivity contribution >= 4 is 11.6 Å². The van der Waals surface area contributed by atoms with Gasteiger partial charge in [-0.05, 0) is 49.1 Å². The molecule has 1 unspecified atom stereocenters. The Bertz CT molecular complexity index is 1330. The van der Waals surface area contributed by atoms with Crippen molar-refractivity contribution in [3.05, 3.63) is 89.4 Å². The number of rotatable bonds is 6. The number of hydrogen-bond donors (Lipinski definition) is 1. The van der Waals surface area contributed by atoms with Crippen LogP contribution >= 0.6 is 0 Å². The first-order valence-electron chi connectivity index (χ1n) is 10.9. The van der Waals surface area contributed by atoms with Gasteiger partial charge in [-0.1, -0.05) is 49.4 Å². The summed E-state index contributed by atoms with van der Waals surface area (Å²) in [5, 5.41) is 14.9. The first-order valence-corrected chi connectivity index (χ1v) is 10.9. The van der Waals surface area contributed by atoms with Gasteiger partial charge >= 0.3 is 12.1 Å². The topological polar surface area (TPSA) is 67.5 Å². The number of aliphatic carboxylic acids is 1. The predicted molar refractivity (Wildman–Crippen MR) is 123 cm³/mol. The van der Waals surface area contributed by atoms with E-state index in [-0.39, 0.29) is 5.92 Å². The second-order valence-corrected chi connectivity index (χ2v) is 8.54. The predicted octanol–water partition coefficient (Wildman–Crippen LogP) is 6.26. The molecule has 0 saturated carbocycles. The van der Waals surface area contributed by atoms with E-state index in [1.807, 2.05) is 37.3 Å². The Morgan fingerprint density at radius 2 is 1.71 bits per heavy atom. The number of benzene rings is 2. The van der Waals surface area contributed by atoms with Crippen LogP contribution in [-0.4, -0.2) is 25.7 Å². The molecule has 0 aliphatic carbocycles. The van der Waals surface area contributed by atoms with Crippen molar-refractivity contribution < 1.29 is 23.1 Å². The molecule has 0 amide bonds. The van der Waals surface area contributed by atoms with E-state index < -0.39 is 23.1 Å². The van der Waals surface area contributed by atoms with Crippen LogP contribution < -0.4 is 0 Å². The van der Waals surface area contributed by atoms with Crippen LogP contribution in [0.2, 0.25) is 0 Å². The second kappa shape index (κ2) is 8.59. The number of hydrogen-bond acceptors (Lipinski definition) is 3. The quantitative estimate of drug-likeness (QED) is 0.363. The number of carbonyl (C=O) groups is 1. The number of nitrogens with zero attached hydrogens (tertiary/aromatic N) is 3. The van der Waals surface area contributed by atoms with E-state index in [4.69, 9.17) is 0 Å². The van der Waals surface area contributed by atoms with Gasteiger partial charge in [0.1, 0.15) is 5.41 Å². The summed E-state index contributed by atoms with van der Waals surface area (Å²) < 4.78 is 40.5. The molecule has 2 heterocycles. The van der Waals surface area contributed by atoms with Gasteiger partial charge in [-0.2, -0.15) is 18.3 Å². The van der Waals surface area contributed by atoms with Crippen LogP contribution in [0.5, 0.6) is 0 Å². The number of alkyl halides is 3. The first-order chi connectivity index (χ1) is 16.1. The monoisotopic (exact) mass is 467 g/mol. The average molecular weight is 467 g/mol. The van der Waals surface area contributed by atoms with Crippen LogP contribution in [0.1, 0.15) is 48.6 Å². The molecule has 8 heteroatoms. The summed E-state index contributed by atoms with van der Waals surface area (Å²) >= 11 is 0. The van der Waals surface area contributed by atoms with E-state index in [2.05, 4.69) is 10.1 Å². The summed E-state index contributed by atoms with van der Waals surface area (Å²) in [6.07, 6.45) is -0.750. The van der Waals surface area contributed by atoms with Crippen LogP contribution in [0.25, 0.3) is 16.8 Å². The summed E-state index contributed by atoms with van der Waals surface area (Å²) in [7, 11) is 0. The molecule has 0 aliphatic rings. The highest BCUT2D eigenvalue weighted by atomic mass is 19.4. The molecule has 0 radical (unpaired) electrons. The SMILES string of the molecule is CCC(c1ccccc1)[C@@](C)(C(=O)O)c1c(C)cnc2c(-c3ccc(C(F)(F)F)cc3)cnn12. The minimum absolute atomic E-state index is 0.353. The molecule has 2 aromatic carbocycles. The maximum Gasteiger partial charge on any atom is 0.416 e. The number of carboxylic acids is 1. The molecule has 0 aliphatic heterocycles. The smallest absolute Gasteiger partial charge is 0.416 e. The van der Waals surface area contributed by atoms with Gasteiger partial charge in [0.2, 0.25) is 0 Å². The number of aromatic nitrogens is 3. The molecule has 34 heavy (non-hydrogen) atoms. The molecule has 0 fully saturated rings. The largest absolute Gasteiger partial charge is 0.481 e. The summed E-state index contributed by atoms with van der Waals surface area (Å²) in [5.41, 5.74) is 1.38. The van der Waals surface area contributed by atoms with Crippen molar-refractivity contribution in [2.24, 2.45) is 0 Å². The van der Waals surface area contributed by atoms with Gasteiger partial charge in [0.15, 0.2) is 5.65 Å². The zero-order valence-corrected chi connectivity index (χ0v) is 19.0. The summed E-state index contributed by atoms with van der Waals surface area (Å²) in [6.45, 7) is 5.43. The van der Waals surface area contributed by atoms with Gasteiger partial charge in [0, 0.05) is 17.7 Å². The van der Waals surface area contributed by atoms with Crippen molar-refractivity contribution in [1.82, 2.24) is 14.6 Å². The van der Waals surface area contributed by atoms with Gasteiger partial charge in [-0.15, -0.1) is 0 Å². The second-order valence-electron chi connectivity index (χ2n) is 8.54. The Labute approximate surface area is 194 Å². The molecule has 2 atom stereocenters. The average Bonchev–Trinajstić information content (AvgIpc) is 3.23. The standard InChI is InChI=1S/C26H24F3N3O2/c1-4-21(18-8-6-5-7-9-18)25(3,24(33)34)22-16(2)14-30-23-20(15-31-32(22)23)17-10-12-19(13-11-17)26(27,28)29/h5-15,21H,4H2,1-3H3,(H,33,34)/t21?,25-/m1/s1. The van der Waals surface area contributed by atoms with E-state index >= 15 is 0 Å². The minimum Gasteiger partial charge on any atom is -0.481 e. The zero-order valence-electron chi connectivity index (χ0n) is 19.0. The number of halogens is 3. The lowest BCUT2D eigenvalue weighted by Crippen LogP contribution is -2.41. The number of fused-ring (bicyclic) bond motifs is 1. The van der Waals surface area contributed by atoms with Crippen LogP contribution in [0.3, 0.4) is 0 Å². The molecule has 1 N–H and O–H groups in total. The van der Waals surface area contributed by atoms with Gasteiger partial charge in [-0.3, -0.25) is 4.79 Å². The highest BCUT2D eigenvalue weighted by molar-refractivity contribution is 5.84. The normalized spacial score (nSPS) is 14.6. The molecule has 5 nitrogen and oxygen atoms in total. The molecule has 4 aromatic rings. The van der Waals surface area contributed by atoms with Gasteiger partial charge < -0.3 is 5.11 Å². The summed E-state index contributed by atoms with van der Waals surface area (Å²) in [6, 6.07) is 14.2.